The van der Waals surface area contributed by atoms with Crippen LogP contribution in [0.3, 0.4) is 0 Å². The van der Waals surface area contributed by atoms with Crippen LogP contribution in [0.25, 0.3) is 0 Å². The first-order chi connectivity index (χ1) is 11.4. The van der Waals surface area contributed by atoms with E-state index in [1.165, 1.54) is 0 Å². The smallest absolute Gasteiger partial charge is 0.209 e. The third kappa shape index (κ3) is 5.74. The number of halogens is 1. The molecule has 0 saturated carbocycles. The van der Waals surface area contributed by atoms with Crippen LogP contribution < -0.4 is 9.46 Å². The van der Waals surface area contributed by atoms with Gasteiger partial charge >= 0.3 is 0 Å². The summed E-state index contributed by atoms with van der Waals surface area (Å²) in [4.78, 5) is 11.8. The molecule has 0 radical (unpaired) electrons. The maximum atomic E-state index is 11.8. The molecular weight excluding hydrogens is 394 g/mol. The summed E-state index contributed by atoms with van der Waals surface area (Å²) in [5.41, 5.74) is 2.12. The maximum Gasteiger partial charge on any atom is 0.209 e. The third-order valence-corrected chi connectivity index (χ3v) is 4.44. The van der Waals surface area contributed by atoms with Crippen LogP contribution in [-0.4, -0.2) is 25.8 Å². The lowest BCUT2D eigenvalue weighted by Gasteiger charge is -2.13. The lowest BCUT2D eigenvalue weighted by Crippen LogP contribution is -2.22. The van der Waals surface area contributed by atoms with Gasteiger partial charge in [0.2, 0.25) is 10.0 Å². The van der Waals surface area contributed by atoms with E-state index in [9.17, 15) is 13.2 Å². The largest absolute Gasteiger partial charge is 0.489 e. The predicted octanol–water partition coefficient (Wildman–Crippen LogP) is 2.89. The summed E-state index contributed by atoms with van der Waals surface area (Å²) >= 11 is 3.13. The second-order valence-electron chi connectivity index (χ2n) is 5.25. The average Bonchev–Trinajstić information content (AvgIpc) is 2.58. The molecule has 0 aromatic heterocycles. The molecule has 0 heterocycles. The van der Waals surface area contributed by atoms with E-state index in [0.29, 0.717) is 23.5 Å². The number of ether oxygens (including phenoxy) is 1. The molecule has 0 aliphatic carbocycles. The number of alkyl halides is 1. The molecule has 0 unspecified atom stereocenters. The summed E-state index contributed by atoms with van der Waals surface area (Å²) in [5.74, 6) is 0.464. The fourth-order valence-corrected chi connectivity index (χ4v) is 2.79. The molecule has 2 aromatic carbocycles. The first-order valence-electron chi connectivity index (χ1n) is 7.22. The van der Waals surface area contributed by atoms with Gasteiger partial charge in [0, 0.05) is 17.7 Å². The van der Waals surface area contributed by atoms with Crippen molar-refractivity contribution in [1.29, 1.82) is 0 Å². The second-order valence-corrected chi connectivity index (χ2v) is 7.64. The van der Waals surface area contributed by atoms with Crippen LogP contribution in [-0.2, 0) is 23.2 Å². The molecule has 5 nitrogen and oxygen atoms in total. The second kappa shape index (κ2) is 8.41. The number of carbonyl (C=O) groups is 1. The lowest BCUT2D eigenvalue weighted by atomic mass is 10.1. The first kappa shape index (κ1) is 18.6. The fraction of sp³-hybridized carbons (Fsp3) is 0.235. The minimum absolute atomic E-state index is 0.0619. The Balaban J connectivity index is 2.22. The fourth-order valence-electron chi connectivity index (χ4n) is 2.05. The standard InChI is InChI=1S/C17H18BrNO4S/c1-24(21,22)19-11-15-9-14(16(20)10-18)7-8-17(15)23-12-13-5-3-2-4-6-13/h2-9,19H,10-12H2,1H3. The number of ketones is 1. The van der Waals surface area contributed by atoms with Crippen molar-refractivity contribution in [3.8, 4) is 5.75 Å². The van der Waals surface area contributed by atoms with E-state index in [0.717, 1.165) is 11.8 Å². The molecule has 0 saturated heterocycles. The van der Waals surface area contributed by atoms with Gasteiger partial charge in [0.05, 0.1) is 11.6 Å². The van der Waals surface area contributed by atoms with Gasteiger partial charge in [-0.3, -0.25) is 4.79 Å². The normalized spacial score (nSPS) is 11.2. The molecule has 0 bridgehead atoms. The van der Waals surface area contributed by atoms with Crippen LogP contribution in [0, 0.1) is 0 Å². The Morgan fingerprint density at radius 1 is 1.17 bits per heavy atom. The maximum absolute atomic E-state index is 11.8. The predicted molar refractivity (Wildman–Crippen MR) is 97.0 cm³/mol. The van der Waals surface area contributed by atoms with E-state index in [1.54, 1.807) is 18.2 Å². The van der Waals surface area contributed by atoms with Gasteiger partial charge in [0.15, 0.2) is 5.78 Å². The zero-order chi connectivity index (χ0) is 17.6. The van der Waals surface area contributed by atoms with Gasteiger partial charge in [-0.25, -0.2) is 13.1 Å². The molecule has 0 aliphatic rings. The number of hydrogen-bond acceptors (Lipinski definition) is 4. The molecule has 0 aliphatic heterocycles. The van der Waals surface area contributed by atoms with E-state index in [1.807, 2.05) is 30.3 Å². The van der Waals surface area contributed by atoms with Crippen molar-refractivity contribution in [3.63, 3.8) is 0 Å². The minimum Gasteiger partial charge on any atom is -0.489 e. The van der Waals surface area contributed by atoms with Gasteiger partial charge in [0.25, 0.3) is 0 Å². The summed E-state index contributed by atoms with van der Waals surface area (Å²) < 4.78 is 30.9. The van der Waals surface area contributed by atoms with Crippen molar-refractivity contribution >= 4 is 31.7 Å². The van der Waals surface area contributed by atoms with Gasteiger partial charge in [-0.15, -0.1) is 0 Å². The Kier molecular flexibility index (Phi) is 6.53. The molecule has 0 fully saturated rings. The van der Waals surface area contributed by atoms with Crippen molar-refractivity contribution < 1.29 is 17.9 Å². The highest BCUT2D eigenvalue weighted by atomic mass is 79.9. The summed E-state index contributed by atoms with van der Waals surface area (Å²) in [6, 6.07) is 14.7. The molecule has 2 rings (SSSR count). The Hall–Kier alpha value is -1.70. The number of carbonyl (C=O) groups excluding carboxylic acids is 1. The molecule has 0 spiro atoms. The Bertz CT molecular complexity index is 807. The number of Topliss-reactive ketones (excluding diaryl/α,β-unsaturated/α-hetero) is 1. The highest BCUT2D eigenvalue weighted by molar-refractivity contribution is 9.09. The Morgan fingerprint density at radius 3 is 2.50 bits per heavy atom. The molecular formula is C17H18BrNO4S. The molecule has 2 aromatic rings. The van der Waals surface area contributed by atoms with Gasteiger partial charge in [-0.1, -0.05) is 46.3 Å². The van der Waals surface area contributed by atoms with Gasteiger partial charge in [-0.05, 0) is 23.8 Å². The van der Waals surface area contributed by atoms with E-state index in [4.69, 9.17) is 4.74 Å². The van der Waals surface area contributed by atoms with Crippen LogP contribution in [0.4, 0.5) is 0 Å². The van der Waals surface area contributed by atoms with Crippen molar-refractivity contribution in [2.45, 2.75) is 13.2 Å². The average molecular weight is 412 g/mol. The monoisotopic (exact) mass is 411 g/mol. The summed E-state index contributed by atoms with van der Waals surface area (Å²) in [6.45, 7) is 0.421. The zero-order valence-corrected chi connectivity index (χ0v) is 15.6. The third-order valence-electron chi connectivity index (χ3n) is 3.27. The molecule has 128 valence electrons. The van der Waals surface area contributed by atoms with Crippen LogP contribution in [0.2, 0.25) is 0 Å². The van der Waals surface area contributed by atoms with Crippen LogP contribution in [0.1, 0.15) is 21.5 Å². The van der Waals surface area contributed by atoms with Crippen molar-refractivity contribution in [2.75, 3.05) is 11.6 Å². The molecule has 7 heteroatoms. The van der Waals surface area contributed by atoms with Crippen LogP contribution >= 0.6 is 15.9 Å². The van der Waals surface area contributed by atoms with Crippen molar-refractivity contribution in [2.24, 2.45) is 0 Å². The number of rotatable bonds is 8. The van der Waals surface area contributed by atoms with E-state index < -0.39 is 10.0 Å². The van der Waals surface area contributed by atoms with Crippen molar-refractivity contribution in [1.82, 2.24) is 4.72 Å². The van der Waals surface area contributed by atoms with Gasteiger partial charge in [0.1, 0.15) is 12.4 Å². The molecule has 0 atom stereocenters. The minimum atomic E-state index is -3.34. The molecule has 1 N–H and O–H groups in total. The molecule has 0 amide bonds. The van der Waals surface area contributed by atoms with Gasteiger partial charge in [-0.2, -0.15) is 0 Å². The molecule has 24 heavy (non-hydrogen) atoms. The summed E-state index contributed by atoms with van der Waals surface area (Å²) in [7, 11) is -3.34. The van der Waals surface area contributed by atoms with Crippen LogP contribution in [0.15, 0.2) is 48.5 Å². The topological polar surface area (TPSA) is 72.5 Å². The summed E-state index contributed by atoms with van der Waals surface area (Å²) in [5, 5.41) is 0.205. The highest BCUT2D eigenvalue weighted by Gasteiger charge is 2.12. The van der Waals surface area contributed by atoms with Crippen molar-refractivity contribution in [3.05, 3.63) is 65.2 Å². The Morgan fingerprint density at radius 2 is 1.88 bits per heavy atom. The Labute approximate surface area is 150 Å². The number of sulfonamides is 1. The van der Waals surface area contributed by atoms with E-state index in [-0.39, 0.29) is 17.7 Å². The van der Waals surface area contributed by atoms with E-state index >= 15 is 0 Å². The number of hydrogen-bond donors (Lipinski definition) is 1. The first-order valence-corrected chi connectivity index (χ1v) is 10.2. The van der Waals surface area contributed by atoms with E-state index in [2.05, 4.69) is 20.7 Å². The van der Waals surface area contributed by atoms with Crippen LogP contribution in [0.5, 0.6) is 5.75 Å². The summed E-state index contributed by atoms with van der Waals surface area (Å²) in [6.07, 6.45) is 1.09. The van der Waals surface area contributed by atoms with Gasteiger partial charge < -0.3 is 4.74 Å². The zero-order valence-electron chi connectivity index (χ0n) is 13.2. The quantitative estimate of drug-likeness (QED) is 0.535. The highest BCUT2D eigenvalue weighted by Crippen LogP contribution is 2.22. The lowest BCUT2D eigenvalue weighted by molar-refractivity contribution is 0.102. The number of benzene rings is 2. The number of nitrogens with one attached hydrogen (secondary N) is 1. The SMILES string of the molecule is CS(=O)(=O)NCc1cc(C(=O)CBr)ccc1OCc1ccccc1.